The fourth-order valence-corrected chi connectivity index (χ4v) is 3.13. The molecule has 0 bridgehead atoms. The quantitative estimate of drug-likeness (QED) is 0.181. The van der Waals surface area contributed by atoms with Gasteiger partial charge in [0.05, 0.1) is 6.04 Å². The number of aromatic hydroxyl groups is 1. The first kappa shape index (κ1) is 29.4. The van der Waals surface area contributed by atoms with Crippen LogP contribution >= 0.6 is 0 Å². The van der Waals surface area contributed by atoms with E-state index in [2.05, 4.69) is 16.0 Å². The molecule has 0 aliphatic carbocycles. The Hall–Kier alpha value is -3.67. The van der Waals surface area contributed by atoms with E-state index in [4.69, 9.17) is 10.8 Å². The number of nitrogens with two attached hydrogens (primary N) is 1. The highest BCUT2D eigenvalue weighted by Crippen LogP contribution is 2.13. The number of amides is 3. The molecule has 194 valence electrons. The van der Waals surface area contributed by atoms with Crippen molar-refractivity contribution in [1.82, 2.24) is 16.0 Å². The minimum absolute atomic E-state index is 0.00569. The van der Waals surface area contributed by atoms with Crippen LogP contribution in [0.1, 0.15) is 45.6 Å². The Morgan fingerprint density at radius 3 is 1.91 bits per heavy atom. The van der Waals surface area contributed by atoms with Crippen molar-refractivity contribution >= 4 is 29.7 Å². The lowest BCUT2D eigenvalue weighted by Gasteiger charge is -2.26. The van der Waals surface area contributed by atoms with Crippen molar-refractivity contribution in [1.29, 1.82) is 0 Å². The second kappa shape index (κ2) is 13.9. The first-order chi connectivity index (χ1) is 16.3. The SMILES string of the molecule is CCC(C)C(NC(=O)C(Cc1ccc(O)cc1)NC(=O)C(CCC(=O)O)NC(=O)C(C)N)C(=O)O. The lowest BCUT2D eigenvalue weighted by molar-refractivity contribution is -0.143. The molecule has 5 atom stereocenters. The summed E-state index contributed by atoms with van der Waals surface area (Å²) in [5.74, 6) is -5.09. The molecular weight excluding hydrogens is 460 g/mol. The van der Waals surface area contributed by atoms with Crippen LogP contribution < -0.4 is 21.7 Å². The summed E-state index contributed by atoms with van der Waals surface area (Å²) >= 11 is 0. The summed E-state index contributed by atoms with van der Waals surface area (Å²) in [6.45, 7) is 4.83. The Kier molecular flexibility index (Phi) is 11.7. The number of carbonyl (C=O) groups excluding carboxylic acids is 3. The lowest BCUT2D eigenvalue weighted by Crippen LogP contribution is -2.58. The van der Waals surface area contributed by atoms with Crippen LogP contribution in [-0.2, 0) is 30.4 Å². The van der Waals surface area contributed by atoms with E-state index in [0.717, 1.165) is 0 Å². The van der Waals surface area contributed by atoms with Gasteiger partial charge in [0, 0.05) is 12.8 Å². The zero-order chi connectivity index (χ0) is 26.7. The number of rotatable bonds is 14. The third kappa shape index (κ3) is 10.0. The maximum Gasteiger partial charge on any atom is 0.326 e. The maximum atomic E-state index is 13.1. The van der Waals surface area contributed by atoms with Gasteiger partial charge in [0.15, 0.2) is 0 Å². The molecule has 8 N–H and O–H groups in total. The number of carboxylic acid groups (broad SMARTS) is 2. The van der Waals surface area contributed by atoms with Crippen molar-refractivity contribution in [2.75, 3.05) is 0 Å². The number of phenols is 1. The molecule has 0 radical (unpaired) electrons. The predicted molar refractivity (Wildman–Crippen MR) is 125 cm³/mol. The van der Waals surface area contributed by atoms with Crippen LogP contribution in [0.25, 0.3) is 0 Å². The minimum Gasteiger partial charge on any atom is -0.508 e. The maximum absolute atomic E-state index is 13.1. The topological polar surface area (TPSA) is 208 Å². The van der Waals surface area contributed by atoms with Gasteiger partial charge in [0.2, 0.25) is 17.7 Å². The lowest BCUT2D eigenvalue weighted by atomic mass is 9.98. The van der Waals surface area contributed by atoms with E-state index in [9.17, 15) is 34.2 Å². The zero-order valence-electron chi connectivity index (χ0n) is 20.0. The van der Waals surface area contributed by atoms with E-state index in [1.165, 1.54) is 31.2 Å². The Balaban J connectivity index is 3.18. The molecule has 0 spiro atoms. The molecule has 35 heavy (non-hydrogen) atoms. The highest BCUT2D eigenvalue weighted by molar-refractivity contribution is 5.94. The third-order valence-electron chi connectivity index (χ3n) is 5.48. The molecule has 1 aromatic carbocycles. The van der Waals surface area contributed by atoms with E-state index in [1.54, 1.807) is 13.8 Å². The molecule has 12 nitrogen and oxygen atoms in total. The van der Waals surface area contributed by atoms with Gasteiger partial charge >= 0.3 is 11.9 Å². The van der Waals surface area contributed by atoms with Crippen LogP contribution in [0.15, 0.2) is 24.3 Å². The number of carboxylic acids is 2. The zero-order valence-corrected chi connectivity index (χ0v) is 20.0. The Morgan fingerprint density at radius 2 is 1.43 bits per heavy atom. The van der Waals surface area contributed by atoms with Crippen molar-refractivity contribution in [2.24, 2.45) is 11.7 Å². The Labute approximate surface area is 203 Å². The average Bonchev–Trinajstić information content (AvgIpc) is 2.79. The molecule has 0 saturated heterocycles. The number of hydrogen-bond donors (Lipinski definition) is 7. The largest absolute Gasteiger partial charge is 0.508 e. The summed E-state index contributed by atoms with van der Waals surface area (Å²) in [6, 6.07) is 1.15. The fourth-order valence-electron chi connectivity index (χ4n) is 3.13. The number of benzene rings is 1. The fraction of sp³-hybridized carbons (Fsp3) is 0.522. The molecule has 0 heterocycles. The van der Waals surface area contributed by atoms with E-state index < -0.39 is 66.2 Å². The van der Waals surface area contributed by atoms with Gasteiger partial charge in [-0.2, -0.15) is 0 Å². The van der Waals surface area contributed by atoms with E-state index in [0.29, 0.717) is 12.0 Å². The van der Waals surface area contributed by atoms with Gasteiger partial charge in [-0.3, -0.25) is 19.2 Å². The van der Waals surface area contributed by atoms with Crippen molar-refractivity contribution in [3.8, 4) is 5.75 Å². The van der Waals surface area contributed by atoms with Crippen molar-refractivity contribution in [2.45, 2.75) is 70.6 Å². The van der Waals surface area contributed by atoms with Crippen molar-refractivity contribution < 1.29 is 39.3 Å². The molecule has 0 fully saturated rings. The second-order valence-corrected chi connectivity index (χ2v) is 8.42. The van der Waals surface area contributed by atoms with Crippen molar-refractivity contribution in [3.63, 3.8) is 0 Å². The number of carbonyl (C=O) groups is 5. The van der Waals surface area contributed by atoms with Gasteiger partial charge in [0.1, 0.15) is 23.9 Å². The monoisotopic (exact) mass is 494 g/mol. The van der Waals surface area contributed by atoms with Crippen LogP contribution in [0.3, 0.4) is 0 Å². The molecule has 1 aromatic rings. The summed E-state index contributed by atoms with van der Waals surface area (Å²) in [5.41, 5.74) is 6.08. The molecule has 3 amide bonds. The number of aliphatic carboxylic acids is 2. The van der Waals surface area contributed by atoms with Crippen LogP contribution in [0.4, 0.5) is 0 Å². The van der Waals surface area contributed by atoms with Gasteiger partial charge in [-0.1, -0.05) is 32.4 Å². The van der Waals surface area contributed by atoms with Crippen LogP contribution in [-0.4, -0.2) is 69.1 Å². The summed E-state index contributed by atoms with van der Waals surface area (Å²) in [5, 5.41) is 35.3. The molecular formula is C23H34N4O8. The van der Waals surface area contributed by atoms with E-state index >= 15 is 0 Å². The van der Waals surface area contributed by atoms with Gasteiger partial charge in [-0.15, -0.1) is 0 Å². The highest BCUT2D eigenvalue weighted by Gasteiger charge is 2.32. The summed E-state index contributed by atoms with van der Waals surface area (Å²) in [6.07, 6.45) is -0.260. The standard InChI is InChI=1S/C23H34N4O8/c1-4-12(2)19(23(34)35)27-22(33)17(11-14-5-7-15(28)8-6-14)26-21(32)16(9-10-18(29)30)25-20(31)13(3)24/h5-8,12-13,16-17,19,28H,4,9-11,24H2,1-3H3,(H,25,31)(H,26,32)(H,27,33)(H,29,30)(H,34,35). The summed E-state index contributed by atoms with van der Waals surface area (Å²) < 4.78 is 0. The first-order valence-corrected chi connectivity index (χ1v) is 11.2. The number of phenolic OH excluding ortho intramolecular Hbond substituents is 1. The normalized spacial score (nSPS) is 15.1. The van der Waals surface area contributed by atoms with Gasteiger partial charge in [-0.25, -0.2) is 4.79 Å². The van der Waals surface area contributed by atoms with Gasteiger partial charge in [0.25, 0.3) is 0 Å². The average molecular weight is 495 g/mol. The summed E-state index contributed by atoms with van der Waals surface area (Å²) in [7, 11) is 0. The third-order valence-corrected chi connectivity index (χ3v) is 5.48. The summed E-state index contributed by atoms with van der Waals surface area (Å²) in [4.78, 5) is 60.8. The first-order valence-electron chi connectivity index (χ1n) is 11.2. The molecule has 1 rings (SSSR count). The van der Waals surface area contributed by atoms with E-state index in [-0.39, 0.29) is 18.6 Å². The Bertz CT molecular complexity index is 903. The van der Waals surface area contributed by atoms with Crippen molar-refractivity contribution in [3.05, 3.63) is 29.8 Å². The van der Waals surface area contributed by atoms with Gasteiger partial charge < -0.3 is 37.0 Å². The smallest absolute Gasteiger partial charge is 0.326 e. The van der Waals surface area contributed by atoms with Gasteiger partial charge in [-0.05, 0) is 37.0 Å². The van der Waals surface area contributed by atoms with Crippen LogP contribution in [0.2, 0.25) is 0 Å². The number of nitrogens with one attached hydrogen (secondary N) is 3. The second-order valence-electron chi connectivity index (χ2n) is 8.42. The minimum atomic E-state index is -1.29. The predicted octanol–water partition coefficient (Wildman–Crippen LogP) is -0.268. The highest BCUT2D eigenvalue weighted by atomic mass is 16.4. The number of hydrogen-bond acceptors (Lipinski definition) is 7. The Morgan fingerprint density at radius 1 is 0.886 bits per heavy atom. The molecule has 5 unspecified atom stereocenters. The molecule has 0 aromatic heterocycles. The van der Waals surface area contributed by atoms with Crippen LogP contribution in [0, 0.1) is 5.92 Å². The van der Waals surface area contributed by atoms with Crippen LogP contribution in [0.5, 0.6) is 5.75 Å². The molecule has 0 aliphatic rings. The van der Waals surface area contributed by atoms with E-state index in [1.807, 2.05) is 0 Å². The molecule has 0 aliphatic heterocycles. The molecule has 12 heteroatoms. The molecule has 0 saturated carbocycles.